The third kappa shape index (κ3) is 3.36. The van der Waals surface area contributed by atoms with Gasteiger partial charge in [-0.2, -0.15) is 0 Å². The topological polar surface area (TPSA) is 86.6 Å². The average Bonchev–Trinajstić information content (AvgIpc) is 2.29. The van der Waals surface area contributed by atoms with E-state index in [9.17, 15) is 9.59 Å². The van der Waals surface area contributed by atoms with Crippen molar-refractivity contribution in [3.8, 4) is 0 Å². The molecule has 0 aliphatic rings. The Hall–Kier alpha value is -1.88. The third-order valence-corrected chi connectivity index (χ3v) is 2.01. The molecule has 0 saturated heterocycles. The smallest absolute Gasteiger partial charge is 0.335 e. The number of carbonyl (C=O) groups excluding carboxylic acids is 1. The fourth-order valence-corrected chi connectivity index (χ4v) is 1.15. The third-order valence-electron chi connectivity index (χ3n) is 2.01. The molecule has 1 aromatic rings. The van der Waals surface area contributed by atoms with E-state index in [1.165, 1.54) is 24.3 Å². The summed E-state index contributed by atoms with van der Waals surface area (Å²) in [6, 6.07) is 5.67. The molecule has 0 bridgehead atoms. The lowest BCUT2D eigenvalue weighted by Crippen LogP contribution is -2.24. The molecular weight excluding hydrogens is 210 g/mol. The molecule has 0 atom stereocenters. The predicted octanol–water partition coefficient (Wildman–Crippen LogP) is 0.497. The van der Waals surface area contributed by atoms with E-state index in [-0.39, 0.29) is 18.1 Å². The van der Waals surface area contributed by atoms with E-state index in [1.807, 2.05) is 0 Å². The zero-order chi connectivity index (χ0) is 12.0. The van der Waals surface area contributed by atoms with Gasteiger partial charge in [0.25, 0.3) is 5.91 Å². The van der Waals surface area contributed by atoms with Crippen LogP contribution in [0.25, 0.3) is 0 Å². The summed E-state index contributed by atoms with van der Waals surface area (Å²) in [5, 5.41) is 19.8. The maximum atomic E-state index is 11.5. The van der Waals surface area contributed by atoms with Gasteiger partial charge in [0.2, 0.25) is 0 Å². The quantitative estimate of drug-likeness (QED) is 0.634. The minimum atomic E-state index is -1.02. The van der Waals surface area contributed by atoms with Crippen molar-refractivity contribution >= 4 is 11.9 Å². The van der Waals surface area contributed by atoms with Crippen LogP contribution in [0.15, 0.2) is 24.3 Å². The lowest BCUT2D eigenvalue weighted by molar-refractivity contribution is 0.0696. The number of rotatable bonds is 5. The summed E-state index contributed by atoms with van der Waals surface area (Å²) in [5.74, 6) is -1.29. The molecule has 0 spiro atoms. The molecular formula is C11H13NO4. The molecule has 0 aromatic heterocycles. The van der Waals surface area contributed by atoms with Gasteiger partial charge >= 0.3 is 5.97 Å². The van der Waals surface area contributed by atoms with E-state index in [0.717, 1.165) is 0 Å². The highest BCUT2D eigenvalue weighted by Gasteiger charge is 2.06. The second kappa shape index (κ2) is 5.87. The lowest BCUT2D eigenvalue weighted by atomic mass is 10.1. The summed E-state index contributed by atoms with van der Waals surface area (Å²) in [6.45, 7) is 0.425. The number of nitrogens with one attached hydrogen (secondary N) is 1. The largest absolute Gasteiger partial charge is 0.478 e. The van der Waals surface area contributed by atoms with Crippen molar-refractivity contribution in [2.45, 2.75) is 6.42 Å². The summed E-state index contributed by atoms with van der Waals surface area (Å²) in [7, 11) is 0. The van der Waals surface area contributed by atoms with Crippen LogP contribution in [0.3, 0.4) is 0 Å². The van der Waals surface area contributed by atoms with Crippen molar-refractivity contribution < 1.29 is 19.8 Å². The van der Waals surface area contributed by atoms with E-state index < -0.39 is 5.97 Å². The summed E-state index contributed by atoms with van der Waals surface area (Å²) in [4.78, 5) is 22.0. The number of carboxylic acids is 1. The van der Waals surface area contributed by atoms with Gasteiger partial charge in [-0.1, -0.05) is 0 Å². The van der Waals surface area contributed by atoms with Gasteiger partial charge in [-0.3, -0.25) is 4.79 Å². The van der Waals surface area contributed by atoms with Gasteiger partial charge < -0.3 is 15.5 Å². The average molecular weight is 223 g/mol. The van der Waals surface area contributed by atoms with Gasteiger partial charge in [-0.15, -0.1) is 0 Å². The Kier molecular flexibility index (Phi) is 4.47. The van der Waals surface area contributed by atoms with Gasteiger partial charge in [0, 0.05) is 18.7 Å². The number of hydrogen-bond donors (Lipinski definition) is 3. The number of aliphatic hydroxyl groups excluding tert-OH is 1. The fraction of sp³-hybridized carbons (Fsp3) is 0.273. The van der Waals surface area contributed by atoms with Crippen LogP contribution >= 0.6 is 0 Å². The summed E-state index contributed by atoms with van der Waals surface area (Å²) in [5.41, 5.74) is 0.551. The molecule has 86 valence electrons. The number of carboxylic acid groups (broad SMARTS) is 1. The SMILES string of the molecule is O=C(O)c1ccc(C(=O)NCCCO)cc1. The normalized spacial score (nSPS) is 9.81. The molecule has 0 saturated carbocycles. The zero-order valence-corrected chi connectivity index (χ0v) is 8.64. The van der Waals surface area contributed by atoms with Crippen LogP contribution in [-0.2, 0) is 0 Å². The molecule has 5 nitrogen and oxygen atoms in total. The molecule has 3 N–H and O–H groups in total. The lowest BCUT2D eigenvalue weighted by Gasteiger charge is -2.04. The first-order valence-electron chi connectivity index (χ1n) is 4.87. The predicted molar refractivity (Wildman–Crippen MR) is 57.4 cm³/mol. The number of benzene rings is 1. The second-order valence-electron chi connectivity index (χ2n) is 3.22. The van der Waals surface area contributed by atoms with Crippen LogP contribution in [0, 0.1) is 0 Å². The summed E-state index contributed by atoms with van der Waals surface area (Å²) in [6.07, 6.45) is 0.499. The highest BCUT2D eigenvalue weighted by Crippen LogP contribution is 2.04. The molecule has 0 unspecified atom stereocenters. The number of aliphatic hydroxyl groups is 1. The zero-order valence-electron chi connectivity index (χ0n) is 8.64. The van der Waals surface area contributed by atoms with Gasteiger partial charge in [-0.05, 0) is 30.7 Å². The number of amides is 1. The monoisotopic (exact) mass is 223 g/mol. The van der Waals surface area contributed by atoms with Gasteiger partial charge in [0.15, 0.2) is 0 Å². The van der Waals surface area contributed by atoms with Gasteiger partial charge in [0.05, 0.1) is 5.56 Å². The molecule has 0 aliphatic carbocycles. The Morgan fingerprint density at radius 3 is 2.19 bits per heavy atom. The minimum Gasteiger partial charge on any atom is -0.478 e. The molecule has 0 aliphatic heterocycles. The standard InChI is InChI=1S/C11H13NO4/c13-7-1-6-12-10(14)8-2-4-9(5-3-8)11(15)16/h2-5,13H,1,6-7H2,(H,12,14)(H,15,16). The first kappa shape index (κ1) is 12.2. The van der Waals surface area contributed by atoms with E-state index >= 15 is 0 Å². The maximum Gasteiger partial charge on any atom is 0.335 e. The van der Waals surface area contributed by atoms with Gasteiger partial charge in [-0.25, -0.2) is 4.79 Å². The Morgan fingerprint density at radius 1 is 1.12 bits per heavy atom. The first-order chi connectivity index (χ1) is 7.65. The molecule has 1 rings (SSSR count). The van der Waals surface area contributed by atoms with Crippen LogP contribution in [0.2, 0.25) is 0 Å². The van der Waals surface area contributed by atoms with Crippen molar-refractivity contribution in [2.75, 3.05) is 13.2 Å². The number of hydrogen-bond acceptors (Lipinski definition) is 3. The summed E-state index contributed by atoms with van der Waals surface area (Å²) >= 11 is 0. The molecule has 16 heavy (non-hydrogen) atoms. The Balaban J connectivity index is 2.59. The van der Waals surface area contributed by atoms with Crippen molar-refractivity contribution in [3.63, 3.8) is 0 Å². The van der Waals surface area contributed by atoms with Crippen LogP contribution < -0.4 is 5.32 Å². The van der Waals surface area contributed by atoms with E-state index in [4.69, 9.17) is 10.2 Å². The van der Waals surface area contributed by atoms with Crippen molar-refractivity contribution in [1.29, 1.82) is 0 Å². The molecule has 1 aromatic carbocycles. The summed E-state index contributed by atoms with van der Waals surface area (Å²) < 4.78 is 0. The van der Waals surface area contributed by atoms with Crippen molar-refractivity contribution in [1.82, 2.24) is 5.32 Å². The van der Waals surface area contributed by atoms with Crippen molar-refractivity contribution in [3.05, 3.63) is 35.4 Å². The van der Waals surface area contributed by atoms with Crippen LogP contribution in [0.5, 0.6) is 0 Å². The van der Waals surface area contributed by atoms with Crippen LogP contribution in [0.4, 0.5) is 0 Å². The Labute approximate surface area is 92.7 Å². The number of carbonyl (C=O) groups is 2. The van der Waals surface area contributed by atoms with Gasteiger partial charge in [0.1, 0.15) is 0 Å². The Morgan fingerprint density at radius 2 is 1.69 bits per heavy atom. The molecule has 0 radical (unpaired) electrons. The van der Waals surface area contributed by atoms with E-state index in [0.29, 0.717) is 18.5 Å². The first-order valence-corrected chi connectivity index (χ1v) is 4.87. The highest BCUT2D eigenvalue weighted by atomic mass is 16.4. The maximum absolute atomic E-state index is 11.5. The van der Waals surface area contributed by atoms with Crippen LogP contribution in [0.1, 0.15) is 27.1 Å². The minimum absolute atomic E-state index is 0.0260. The molecule has 5 heteroatoms. The highest BCUT2D eigenvalue weighted by molar-refractivity contribution is 5.95. The van der Waals surface area contributed by atoms with Crippen molar-refractivity contribution in [2.24, 2.45) is 0 Å². The van der Waals surface area contributed by atoms with E-state index in [1.54, 1.807) is 0 Å². The second-order valence-corrected chi connectivity index (χ2v) is 3.22. The molecule has 1 amide bonds. The fourth-order valence-electron chi connectivity index (χ4n) is 1.15. The Bertz CT molecular complexity index is 372. The number of aromatic carboxylic acids is 1. The van der Waals surface area contributed by atoms with Crippen LogP contribution in [-0.4, -0.2) is 35.2 Å². The molecule has 0 fully saturated rings. The van der Waals surface area contributed by atoms with E-state index in [2.05, 4.69) is 5.32 Å². The molecule has 0 heterocycles.